The molecule has 0 saturated heterocycles. The van der Waals surface area contributed by atoms with Crippen LogP contribution in [-0.2, 0) is 13.1 Å². The maximum atomic E-state index is 11.8. The van der Waals surface area contributed by atoms with Crippen molar-refractivity contribution in [2.75, 3.05) is 11.9 Å². The average Bonchev–Trinajstić information content (AvgIpc) is 2.43. The Hall–Kier alpha value is -1.92. The van der Waals surface area contributed by atoms with Crippen LogP contribution in [0.15, 0.2) is 29.2 Å². The Morgan fingerprint density at radius 1 is 1.45 bits per heavy atom. The van der Waals surface area contributed by atoms with Crippen LogP contribution in [0.3, 0.4) is 0 Å². The van der Waals surface area contributed by atoms with Gasteiger partial charge in [-0.2, -0.15) is 5.10 Å². The van der Waals surface area contributed by atoms with E-state index in [1.807, 2.05) is 25.1 Å². The molecule has 0 aliphatic heterocycles. The molecule has 2 N–H and O–H groups in total. The van der Waals surface area contributed by atoms with E-state index in [9.17, 15) is 4.79 Å². The summed E-state index contributed by atoms with van der Waals surface area (Å²) in [5.74, 6) is 0. The second kappa shape index (κ2) is 6.49. The molecule has 2 rings (SSSR count). The Kier molecular flexibility index (Phi) is 4.70. The van der Waals surface area contributed by atoms with Gasteiger partial charge >= 0.3 is 0 Å². The summed E-state index contributed by atoms with van der Waals surface area (Å²) >= 11 is 5.99. The number of anilines is 1. The minimum absolute atomic E-state index is 0.0566. The summed E-state index contributed by atoms with van der Waals surface area (Å²) in [5.41, 5.74) is 1.80. The molecule has 20 heavy (non-hydrogen) atoms. The molecular weight excluding hydrogens is 280 g/mol. The van der Waals surface area contributed by atoms with Crippen molar-refractivity contribution in [3.05, 3.63) is 51.2 Å². The van der Waals surface area contributed by atoms with Crippen LogP contribution in [0, 0.1) is 6.92 Å². The van der Waals surface area contributed by atoms with Crippen molar-refractivity contribution in [1.29, 1.82) is 0 Å². The largest absolute Gasteiger partial charge is 0.394 e. The molecular formula is C13H15ClN4O2. The van der Waals surface area contributed by atoms with Crippen molar-refractivity contribution in [2.24, 2.45) is 0 Å². The van der Waals surface area contributed by atoms with E-state index in [0.29, 0.717) is 12.2 Å². The summed E-state index contributed by atoms with van der Waals surface area (Å²) in [6.07, 6.45) is 1.47. The zero-order valence-electron chi connectivity index (χ0n) is 11.0. The van der Waals surface area contributed by atoms with Crippen LogP contribution >= 0.6 is 11.6 Å². The highest BCUT2D eigenvalue weighted by atomic mass is 35.5. The molecule has 0 aliphatic rings. The molecule has 2 heterocycles. The van der Waals surface area contributed by atoms with Gasteiger partial charge in [0.15, 0.2) is 0 Å². The fourth-order valence-corrected chi connectivity index (χ4v) is 1.94. The quantitative estimate of drug-likeness (QED) is 0.866. The second-order valence-electron chi connectivity index (χ2n) is 4.25. The van der Waals surface area contributed by atoms with E-state index in [4.69, 9.17) is 16.7 Å². The van der Waals surface area contributed by atoms with Crippen molar-refractivity contribution in [1.82, 2.24) is 14.8 Å². The SMILES string of the molecule is Cc1cccc(CNc2cnn(CCO)c(=O)c2Cl)n1. The van der Waals surface area contributed by atoms with Crippen LogP contribution in [0.25, 0.3) is 0 Å². The highest BCUT2D eigenvalue weighted by Crippen LogP contribution is 2.16. The molecule has 2 aromatic rings. The Labute approximate surface area is 121 Å². The van der Waals surface area contributed by atoms with Crippen LogP contribution in [0.4, 0.5) is 5.69 Å². The minimum Gasteiger partial charge on any atom is -0.394 e. The summed E-state index contributed by atoms with van der Waals surface area (Å²) in [5, 5.41) is 15.8. The van der Waals surface area contributed by atoms with Gasteiger partial charge in [-0.25, -0.2) is 4.68 Å². The van der Waals surface area contributed by atoms with Crippen molar-refractivity contribution in [2.45, 2.75) is 20.0 Å². The zero-order valence-corrected chi connectivity index (χ0v) is 11.8. The fraction of sp³-hybridized carbons (Fsp3) is 0.308. The van der Waals surface area contributed by atoms with E-state index in [1.54, 1.807) is 0 Å². The molecule has 0 aromatic carbocycles. The first kappa shape index (κ1) is 14.5. The summed E-state index contributed by atoms with van der Waals surface area (Å²) in [6, 6.07) is 5.71. The normalized spacial score (nSPS) is 10.6. The predicted molar refractivity (Wildman–Crippen MR) is 76.9 cm³/mol. The van der Waals surface area contributed by atoms with Crippen molar-refractivity contribution in [3.63, 3.8) is 0 Å². The van der Waals surface area contributed by atoms with E-state index >= 15 is 0 Å². The number of nitrogens with one attached hydrogen (secondary N) is 1. The second-order valence-corrected chi connectivity index (χ2v) is 4.63. The monoisotopic (exact) mass is 294 g/mol. The molecule has 0 radical (unpaired) electrons. The molecule has 0 unspecified atom stereocenters. The predicted octanol–water partition coefficient (Wildman–Crippen LogP) is 1.20. The number of aryl methyl sites for hydroxylation is 1. The molecule has 0 spiro atoms. The molecule has 106 valence electrons. The minimum atomic E-state index is -0.428. The summed E-state index contributed by atoms with van der Waals surface area (Å²) in [7, 11) is 0. The molecule has 0 atom stereocenters. The molecule has 6 nitrogen and oxygen atoms in total. The lowest BCUT2D eigenvalue weighted by Crippen LogP contribution is -2.25. The van der Waals surface area contributed by atoms with Gasteiger partial charge in [0.05, 0.1) is 37.3 Å². The van der Waals surface area contributed by atoms with Gasteiger partial charge in [-0.3, -0.25) is 9.78 Å². The van der Waals surface area contributed by atoms with E-state index in [2.05, 4.69) is 15.4 Å². The van der Waals surface area contributed by atoms with Gasteiger partial charge in [0.2, 0.25) is 0 Å². The van der Waals surface area contributed by atoms with Crippen LogP contribution in [0.1, 0.15) is 11.4 Å². The van der Waals surface area contributed by atoms with Crippen molar-refractivity contribution >= 4 is 17.3 Å². The molecule has 0 aliphatic carbocycles. The van der Waals surface area contributed by atoms with Crippen molar-refractivity contribution < 1.29 is 5.11 Å². The van der Waals surface area contributed by atoms with E-state index in [-0.39, 0.29) is 18.2 Å². The Morgan fingerprint density at radius 2 is 2.25 bits per heavy atom. The van der Waals surface area contributed by atoms with Crippen LogP contribution < -0.4 is 10.9 Å². The lowest BCUT2D eigenvalue weighted by molar-refractivity contribution is 0.266. The first-order valence-corrected chi connectivity index (χ1v) is 6.52. The fourth-order valence-electron chi connectivity index (χ4n) is 1.73. The third-order valence-corrected chi connectivity index (χ3v) is 3.07. The lowest BCUT2D eigenvalue weighted by atomic mass is 10.3. The maximum absolute atomic E-state index is 11.8. The number of halogens is 1. The van der Waals surface area contributed by atoms with Gasteiger partial charge in [0.25, 0.3) is 5.56 Å². The van der Waals surface area contributed by atoms with Gasteiger partial charge in [-0.15, -0.1) is 0 Å². The molecule has 0 fully saturated rings. The molecule has 0 bridgehead atoms. The highest BCUT2D eigenvalue weighted by Gasteiger charge is 2.08. The van der Waals surface area contributed by atoms with E-state index in [1.165, 1.54) is 6.20 Å². The number of hydrogen-bond acceptors (Lipinski definition) is 5. The Morgan fingerprint density at radius 3 is 2.95 bits per heavy atom. The number of nitrogens with zero attached hydrogens (tertiary/aromatic N) is 3. The summed E-state index contributed by atoms with van der Waals surface area (Å²) in [4.78, 5) is 16.2. The van der Waals surface area contributed by atoms with Gasteiger partial charge in [-0.1, -0.05) is 17.7 Å². The third kappa shape index (κ3) is 3.34. The standard InChI is InChI=1S/C13H15ClN4O2/c1-9-3-2-4-10(17-9)7-15-11-8-16-18(5-6-19)13(20)12(11)14/h2-4,8,15,19H,5-7H2,1H3. The maximum Gasteiger partial charge on any atom is 0.287 e. The van der Waals surface area contributed by atoms with E-state index < -0.39 is 5.56 Å². The summed E-state index contributed by atoms with van der Waals surface area (Å²) < 4.78 is 1.12. The van der Waals surface area contributed by atoms with Crippen LogP contribution in [0.5, 0.6) is 0 Å². The molecule has 0 amide bonds. The molecule has 2 aromatic heterocycles. The molecule has 0 saturated carbocycles. The van der Waals surface area contributed by atoms with Crippen molar-refractivity contribution in [3.8, 4) is 0 Å². The number of aliphatic hydroxyl groups is 1. The average molecular weight is 295 g/mol. The lowest BCUT2D eigenvalue weighted by Gasteiger charge is -2.09. The number of aliphatic hydroxyl groups excluding tert-OH is 1. The number of aromatic nitrogens is 3. The van der Waals surface area contributed by atoms with E-state index in [0.717, 1.165) is 16.1 Å². The third-order valence-electron chi connectivity index (χ3n) is 2.70. The Balaban J connectivity index is 2.14. The number of rotatable bonds is 5. The number of pyridine rings is 1. The Bertz CT molecular complexity index is 657. The first-order valence-electron chi connectivity index (χ1n) is 6.14. The van der Waals surface area contributed by atoms with Crippen LogP contribution in [0.2, 0.25) is 5.02 Å². The topological polar surface area (TPSA) is 80.0 Å². The first-order chi connectivity index (χ1) is 9.61. The summed E-state index contributed by atoms with van der Waals surface area (Å²) in [6.45, 7) is 2.32. The van der Waals surface area contributed by atoms with Gasteiger partial charge in [0.1, 0.15) is 5.02 Å². The van der Waals surface area contributed by atoms with Gasteiger partial charge in [-0.05, 0) is 19.1 Å². The number of hydrogen-bond donors (Lipinski definition) is 2. The van der Waals surface area contributed by atoms with Crippen LogP contribution in [-0.4, -0.2) is 26.5 Å². The van der Waals surface area contributed by atoms with Gasteiger partial charge < -0.3 is 10.4 Å². The smallest absolute Gasteiger partial charge is 0.287 e. The zero-order chi connectivity index (χ0) is 14.5. The highest BCUT2D eigenvalue weighted by molar-refractivity contribution is 6.32. The van der Waals surface area contributed by atoms with Gasteiger partial charge in [0, 0.05) is 5.69 Å². The molecule has 7 heteroatoms.